The second kappa shape index (κ2) is 46.6. The molecule has 0 saturated heterocycles. The number of amides is 1. The van der Waals surface area contributed by atoms with Crippen LogP contribution < -0.4 is 5.32 Å². The lowest BCUT2D eigenvalue weighted by atomic mass is 10.0. The van der Waals surface area contributed by atoms with Crippen molar-refractivity contribution in [1.82, 2.24) is 5.32 Å². The molecule has 0 bridgehead atoms. The van der Waals surface area contributed by atoms with E-state index in [9.17, 15) is 19.8 Å². The quantitative estimate of drug-likeness (QED) is 0.0324. The molecule has 340 valence electrons. The van der Waals surface area contributed by atoms with E-state index in [4.69, 9.17) is 4.74 Å². The number of allylic oxidation sites excluding steroid dienone is 18. The van der Waals surface area contributed by atoms with E-state index in [-0.39, 0.29) is 24.9 Å². The van der Waals surface area contributed by atoms with E-state index >= 15 is 0 Å². The Morgan fingerprint density at radius 3 is 1.45 bits per heavy atom. The van der Waals surface area contributed by atoms with Gasteiger partial charge in [0.15, 0.2) is 0 Å². The molecule has 0 fully saturated rings. The first kappa shape index (κ1) is 56.5. The number of hydrogen-bond acceptors (Lipinski definition) is 5. The maximum atomic E-state index is 13.2. The molecule has 0 aliphatic carbocycles. The Bertz CT molecular complexity index is 1250. The first-order valence-electron chi connectivity index (χ1n) is 24.2. The Morgan fingerprint density at radius 1 is 0.500 bits per heavy atom. The van der Waals surface area contributed by atoms with Gasteiger partial charge in [-0.05, 0) is 64.2 Å². The van der Waals surface area contributed by atoms with Crippen LogP contribution in [0.15, 0.2) is 109 Å². The Hall–Kier alpha value is -3.48. The molecule has 0 heterocycles. The van der Waals surface area contributed by atoms with Crippen LogP contribution in [-0.2, 0) is 14.3 Å². The van der Waals surface area contributed by atoms with E-state index in [1.807, 2.05) is 54.7 Å². The normalized spacial score (nSPS) is 14.3. The maximum absolute atomic E-state index is 13.2. The van der Waals surface area contributed by atoms with Crippen molar-refractivity contribution >= 4 is 11.9 Å². The topological polar surface area (TPSA) is 95.9 Å². The van der Waals surface area contributed by atoms with Crippen LogP contribution in [0.4, 0.5) is 0 Å². The van der Waals surface area contributed by atoms with Crippen LogP contribution >= 0.6 is 0 Å². The molecular formula is C54H89NO5. The van der Waals surface area contributed by atoms with Gasteiger partial charge in [-0.2, -0.15) is 0 Å². The first-order chi connectivity index (χ1) is 29.5. The summed E-state index contributed by atoms with van der Waals surface area (Å²) >= 11 is 0. The lowest BCUT2D eigenvalue weighted by Gasteiger charge is -2.24. The van der Waals surface area contributed by atoms with Gasteiger partial charge in [0.25, 0.3) is 0 Å². The van der Waals surface area contributed by atoms with Crippen molar-refractivity contribution in [2.24, 2.45) is 0 Å². The van der Waals surface area contributed by atoms with Gasteiger partial charge in [0.2, 0.25) is 5.91 Å². The van der Waals surface area contributed by atoms with Crippen molar-refractivity contribution in [3.63, 3.8) is 0 Å². The highest BCUT2D eigenvalue weighted by Gasteiger charge is 2.24. The molecular weight excluding hydrogens is 743 g/mol. The lowest BCUT2D eigenvalue weighted by Crippen LogP contribution is -2.46. The molecule has 0 aromatic heterocycles. The summed E-state index contributed by atoms with van der Waals surface area (Å²) in [5.74, 6) is -0.555. The van der Waals surface area contributed by atoms with Gasteiger partial charge >= 0.3 is 5.97 Å². The summed E-state index contributed by atoms with van der Waals surface area (Å²) in [7, 11) is 0. The molecule has 1 amide bonds. The van der Waals surface area contributed by atoms with Gasteiger partial charge < -0.3 is 20.3 Å². The SMILES string of the molecule is CC/C=C/C=C/C=C/C=C\CCCCCC(CC(=O)NC(CO)C(O)CCCCCCCCCCCC)OC(=O)CCCCCCC/C=C/C=C/C=C/C=C/C=C/CCC. The number of aliphatic hydroxyl groups is 2. The molecule has 60 heavy (non-hydrogen) atoms. The fourth-order valence-electron chi connectivity index (χ4n) is 6.65. The molecule has 6 heteroatoms. The molecule has 0 spiro atoms. The smallest absolute Gasteiger partial charge is 0.306 e. The van der Waals surface area contributed by atoms with Crippen molar-refractivity contribution in [2.45, 2.75) is 212 Å². The van der Waals surface area contributed by atoms with E-state index in [0.29, 0.717) is 19.3 Å². The summed E-state index contributed by atoms with van der Waals surface area (Å²) in [6.07, 6.45) is 62.8. The minimum absolute atomic E-state index is 0.0334. The second-order valence-electron chi connectivity index (χ2n) is 16.0. The Kier molecular flexibility index (Phi) is 43.9. The highest BCUT2D eigenvalue weighted by atomic mass is 16.5. The summed E-state index contributed by atoms with van der Waals surface area (Å²) in [6.45, 7) is 6.20. The third kappa shape index (κ3) is 41.3. The molecule has 0 rings (SSSR count). The minimum atomic E-state index is -0.809. The van der Waals surface area contributed by atoms with Gasteiger partial charge in [0.1, 0.15) is 6.10 Å². The molecule has 3 N–H and O–H groups in total. The Morgan fingerprint density at radius 2 is 0.933 bits per heavy atom. The zero-order valence-corrected chi connectivity index (χ0v) is 38.5. The van der Waals surface area contributed by atoms with Gasteiger partial charge in [-0.15, -0.1) is 0 Å². The average Bonchev–Trinajstić information content (AvgIpc) is 3.24. The van der Waals surface area contributed by atoms with Crippen molar-refractivity contribution in [1.29, 1.82) is 0 Å². The fraction of sp³-hybridized carbons (Fsp3) is 0.630. The van der Waals surface area contributed by atoms with E-state index in [1.54, 1.807) is 0 Å². The lowest BCUT2D eigenvalue weighted by molar-refractivity contribution is -0.151. The Balaban J connectivity index is 4.73. The van der Waals surface area contributed by atoms with Crippen LogP contribution in [-0.4, -0.2) is 46.9 Å². The van der Waals surface area contributed by atoms with Crippen molar-refractivity contribution < 1.29 is 24.5 Å². The van der Waals surface area contributed by atoms with Gasteiger partial charge in [-0.1, -0.05) is 226 Å². The van der Waals surface area contributed by atoms with Crippen LogP contribution in [0.5, 0.6) is 0 Å². The predicted octanol–water partition coefficient (Wildman–Crippen LogP) is 14.3. The number of esters is 1. The number of nitrogens with one attached hydrogen (secondary N) is 1. The molecule has 0 aromatic carbocycles. The van der Waals surface area contributed by atoms with Gasteiger partial charge in [-0.3, -0.25) is 9.59 Å². The number of carbonyl (C=O) groups is 2. The van der Waals surface area contributed by atoms with Crippen LogP contribution in [0.2, 0.25) is 0 Å². The van der Waals surface area contributed by atoms with Crippen molar-refractivity contribution in [2.75, 3.05) is 6.61 Å². The number of ether oxygens (including phenoxy) is 1. The monoisotopic (exact) mass is 832 g/mol. The summed E-state index contributed by atoms with van der Waals surface area (Å²) in [6, 6.07) is -0.726. The highest BCUT2D eigenvalue weighted by Crippen LogP contribution is 2.17. The van der Waals surface area contributed by atoms with Gasteiger partial charge in [0, 0.05) is 6.42 Å². The minimum Gasteiger partial charge on any atom is -0.462 e. The summed E-state index contributed by atoms with van der Waals surface area (Å²) in [5.41, 5.74) is 0. The van der Waals surface area contributed by atoms with Crippen LogP contribution in [0.1, 0.15) is 194 Å². The summed E-state index contributed by atoms with van der Waals surface area (Å²) in [5, 5.41) is 23.6. The molecule has 0 saturated carbocycles. The van der Waals surface area contributed by atoms with Crippen LogP contribution in [0.25, 0.3) is 0 Å². The van der Waals surface area contributed by atoms with Gasteiger partial charge in [0.05, 0.1) is 25.2 Å². The van der Waals surface area contributed by atoms with Crippen LogP contribution in [0, 0.1) is 0 Å². The Labute approximate surface area is 368 Å². The van der Waals surface area contributed by atoms with E-state index in [1.165, 1.54) is 51.4 Å². The molecule has 6 nitrogen and oxygen atoms in total. The maximum Gasteiger partial charge on any atom is 0.306 e. The largest absolute Gasteiger partial charge is 0.462 e. The number of carbonyl (C=O) groups excluding carboxylic acids is 2. The zero-order chi connectivity index (χ0) is 43.8. The summed E-state index contributed by atoms with van der Waals surface area (Å²) < 4.78 is 5.89. The van der Waals surface area contributed by atoms with E-state index in [0.717, 1.165) is 96.3 Å². The number of rotatable bonds is 41. The molecule has 0 aliphatic heterocycles. The van der Waals surface area contributed by atoms with Crippen LogP contribution in [0.3, 0.4) is 0 Å². The first-order valence-corrected chi connectivity index (χ1v) is 24.2. The van der Waals surface area contributed by atoms with Crippen molar-refractivity contribution in [3.05, 3.63) is 109 Å². The number of unbranched alkanes of at least 4 members (excludes halogenated alkanes) is 18. The second-order valence-corrected chi connectivity index (χ2v) is 16.0. The predicted molar refractivity (Wildman–Crippen MR) is 259 cm³/mol. The van der Waals surface area contributed by atoms with E-state index < -0.39 is 18.2 Å². The van der Waals surface area contributed by atoms with E-state index in [2.05, 4.69) is 80.8 Å². The van der Waals surface area contributed by atoms with Crippen molar-refractivity contribution in [3.8, 4) is 0 Å². The third-order valence-electron chi connectivity index (χ3n) is 10.3. The van der Waals surface area contributed by atoms with Gasteiger partial charge in [-0.25, -0.2) is 0 Å². The fourth-order valence-corrected chi connectivity index (χ4v) is 6.65. The molecule has 3 unspecified atom stereocenters. The zero-order valence-electron chi connectivity index (χ0n) is 38.5. The molecule has 0 aromatic rings. The molecule has 0 radical (unpaired) electrons. The number of hydrogen-bond donors (Lipinski definition) is 3. The molecule has 0 aliphatic rings. The molecule has 3 atom stereocenters. The standard InChI is InChI=1S/C54H89NO5/c1-4-7-10-13-16-19-22-24-25-26-27-28-30-32-35-38-41-44-47-54(59)60-50(45-42-39-36-33-31-29-23-20-17-14-11-8-5-2)48-53(58)55-51(49-56)52(57)46-43-40-37-34-21-18-15-12-9-6-3/h8,10-11,13-14,16-17,19-20,22-29,31,50-52,56-57H,4-7,9,12,15,18,21,30,32-49H2,1-3H3,(H,55,58)/b11-8+,13-10+,17-14+,19-16+,23-20+,24-22+,26-25+,28-27+,31-29-. The highest BCUT2D eigenvalue weighted by molar-refractivity contribution is 5.77. The summed E-state index contributed by atoms with van der Waals surface area (Å²) in [4.78, 5) is 26.1. The average molecular weight is 832 g/mol. The third-order valence-corrected chi connectivity index (χ3v) is 10.3. The number of aliphatic hydroxyl groups excluding tert-OH is 2.